The molecule has 74 valence electrons. The van der Waals surface area contributed by atoms with E-state index in [1.54, 1.807) is 0 Å². The first-order valence-electron chi connectivity index (χ1n) is 3.97. The van der Waals surface area contributed by atoms with E-state index in [1.165, 1.54) is 20.8 Å². The second kappa shape index (κ2) is 6.38. The van der Waals surface area contributed by atoms with Crippen LogP contribution in [0.25, 0.3) is 10.8 Å². The van der Waals surface area contributed by atoms with Gasteiger partial charge in [0.1, 0.15) is 0 Å². The quantitative estimate of drug-likeness (QED) is 0.572. The van der Waals surface area contributed by atoms with Crippen LogP contribution < -0.4 is 0 Å². The molecular formula is C10H8BrCl2Zr-. The molecule has 14 heavy (non-hydrogen) atoms. The van der Waals surface area contributed by atoms with Gasteiger partial charge < -0.3 is 0 Å². The molecule has 0 nitrogen and oxygen atoms in total. The van der Waals surface area contributed by atoms with Gasteiger partial charge in [-0.1, -0.05) is 28.9 Å². The van der Waals surface area contributed by atoms with Gasteiger partial charge in [0, 0.05) is 0 Å². The van der Waals surface area contributed by atoms with Gasteiger partial charge in [-0.15, -0.1) is 34.5 Å². The molecule has 0 aliphatic rings. The fourth-order valence-electron chi connectivity index (χ4n) is 1.35. The molecule has 4 heteroatoms. The van der Waals surface area contributed by atoms with Gasteiger partial charge >= 0.3 is 37.9 Å². The van der Waals surface area contributed by atoms with Gasteiger partial charge in [-0.25, -0.2) is 0 Å². The van der Waals surface area contributed by atoms with Crippen LogP contribution in [0.5, 0.6) is 0 Å². The average Bonchev–Trinajstić information content (AvgIpc) is 2.48. The Kier molecular flexibility index (Phi) is 5.85. The summed E-state index contributed by atoms with van der Waals surface area (Å²) < 4.78 is 1.18. The molecule has 0 aromatic heterocycles. The van der Waals surface area contributed by atoms with Crippen LogP contribution in [0.2, 0.25) is 0 Å². The maximum absolute atomic E-state index is 4.93. The SMILES string of the molecule is Cc1cc2c(Br)cccc2[cH-]1.[Cl][Zr][Cl]. The second-order valence-electron chi connectivity index (χ2n) is 2.85. The molecule has 0 aliphatic carbocycles. The Balaban J connectivity index is 0.000000293. The number of hydrogen-bond donors (Lipinski definition) is 0. The molecule has 0 saturated heterocycles. The van der Waals surface area contributed by atoms with Gasteiger partial charge in [0.2, 0.25) is 0 Å². The van der Waals surface area contributed by atoms with Crippen molar-refractivity contribution in [2.24, 2.45) is 0 Å². The molecule has 0 radical (unpaired) electrons. The summed E-state index contributed by atoms with van der Waals surface area (Å²) in [5.74, 6) is 0. The summed E-state index contributed by atoms with van der Waals surface area (Å²) in [6.07, 6.45) is 0. The monoisotopic (exact) mass is 367 g/mol. The van der Waals surface area contributed by atoms with Crippen molar-refractivity contribution in [3.63, 3.8) is 0 Å². The summed E-state index contributed by atoms with van der Waals surface area (Å²) in [6, 6.07) is 10.7. The predicted molar refractivity (Wildman–Crippen MR) is 63.7 cm³/mol. The van der Waals surface area contributed by atoms with Crippen LogP contribution in [0.15, 0.2) is 34.8 Å². The summed E-state index contributed by atoms with van der Waals surface area (Å²) in [5, 5.41) is 2.63. The maximum atomic E-state index is 4.93. The van der Waals surface area contributed by atoms with Gasteiger partial charge in [-0.3, -0.25) is 0 Å². The van der Waals surface area contributed by atoms with Crippen molar-refractivity contribution in [1.82, 2.24) is 0 Å². The van der Waals surface area contributed by atoms with Crippen molar-refractivity contribution in [3.05, 3.63) is 40.4 Å². The molecule has 0 N–H and O–H groups in total. The number of rotatable bonds is 0. The van der Waals surface area contributed by atoms with E-state index in [-0.39, 0.29) is 0 Å². The van der Waals surface area contributed by atoms with Gasteiger partial charge in [0.05, 0.1) is 0 Å². The molecule has 0 saturated carbocycles. The van der Waals surface area contributed by atoms with Gasteiger partial charge in [0.25, 0.3) is 0 Å². The minimum absolute atomic E-state index is 0.826. The first-order valence-corrected chi connectivity index (χ1v) is 11.1. The molecule has 0 unspecified atom stereocenters. The molecule has 0 bridgehead atoms. The molecule has 0 fully saturated rings. The predicted octanol–water partition coefficient (Wildman–Crippen LogP) is 5.01. The normalized spacial score (nSPS) is 9.43. The van der Waals surface area contributed by atoms with E-state index in [0.717, 1.165) is 0 Å². The Hall–Kier alpha value is 0.773. The summed E-state index contributed by atoms with van der Waals surface area (Å²) in [5.41, 5.74) is 1.33. The van der Waals surface area contributed by atoms with Crippen molar-refractivity contribution < 1.29 is 20.8 Å². The molecule has 0 heterocycles. The van der Waals surface area contributed by atoms with E-state index in [2.05, 4.69) is 53.2 Å². The molecule has 2 aromatic rings. The first-order chi connectivity index (χ1) is 6.69. The summed E-state index contributed by atoms with van der Waals surface area (Å²) >= 11 is 2.68. The number of hydrogen-bond acceptors (Lipinski definition) is 0. The molecule has 0 aliphatic heterocycles. The van der Waals surface area contributed by atoms with Crippen molar-refractivity contribution in [2.75, 3.05) is 0 Å². The zero-order valence-electron chi connectivity index (χ0n) is 7.52. The molecule has 0 spiro atoms. The van der Waals surface area contributed by atoms with Crippen LogP contribution in [0.4, 0.5) is 0 Å². The van der Waals surface area contributed by atoms with Crippen LogP contribution in [0.1, 0.15) is 5.56 Å². The second-order valence-corrected chi connectivity index (χ2v) is 7.43. The van der Waals surface area contributed by atoms with E-state index in [4.69, 9.17) is 17.0 Å². The van der Waals surface area contributed by atoms with Crippen molar-refractivity contribution in [3.8, 4) is 0 Å². The van der Waals surface area contributed by atoms with E-state index in [9.17, 15) is 0 Å². The molecule has 2 aromatic carbocycles. The first kappa shape index (κ1) is 12.8. The van der Waals surface area contributed by atoms with Crippen LogP contribution in [0, 0.1) is 6.92 Å². The van der Waals surface area contributed by atoms with Crippen molar-refractivity contribution >= 4 is 43.7 Å². The van der Waals surface area contributed by atoms with E-state index in [0.29, 0.717) is 0 Å². The number of aryl methyl sites for hydroxylation is 1. The van der Waals surface area contributed by atoms with Crippen molar-refractivity contribution in [1.29, 1.82) is 0 Å². The fourth-order valence-corrected chi connectivity index (χ4v) is 1.84. The van der Waals surface area contributed by atoms with E-state index < -0.39 is 20.8 Å². The van der Waals surface area contributed by atoms with Crippen LogP contribution >= 0.6 is 33.0 Å². The molecule has 0 atom stereocenters. The summed E-state index contributed by atoms with van der Waals surface area (Å²) in [7, 11) is 9.87. The average molecular weight is 370 g/mol. The Labute approximate surface area is 111 Å². The van der Waals surface area contributed by atoms with Gasteiger partial charge in [-0.2, -0.15) is 6.07 Å². The number of halogens is 3. The van der Waals surface area contributed by atoms with Gasteiger partial charge in [-0.05, 0) is 4.47 Å². The Morgan fingerprint density at radius 1 is 1.36 bits per heavy atom. The van der Waals surface area contributed by atoms with E-state index >= 15 is 0 Å². The molecule has 2 rings (SSSR count). The minimum atomic E-state index is -0.826. The summed E-state index contributed by atoms with van der Waals surface area (Å²) in [4.78, 5) is 0. The van der Waals surface area contributed by atoms with Crippen LogP contribution in [-0.4, -0.2) is 0 Å². The van der Waals surface area contributed by atoms with Crippen LogP contribution in [-0.2, 0) is 20.8 Å². The standard InChI is InChI=1S/C10H8Br.2ClH.Zr/c1-7-5-8-3-2-4-10(11)9(8)6-7;;;/h2-6H,1H3;2*1H;/q-1;;;+2/p-2. The number of benzene rings is 1. The Morgan fingerprint density at radius 2 is 2.00 bits per heavy atom. The Morgan fingerprint density at radius 3 is 2.57 bits per heavy atom. The number of fused-ring (bicyclic) bond motifs is 1. The molecular weight excluding hydrogens is 362 g/mol. The van der Waals surface area contributed by atoms with Crippen molar-refractivity contribution in [2.45, 2.75) is 6.92 Å². The third-order valence-corrected chi connectivity index (χ3v) is 2.53. The van der Waals surface area contributed by atoms with Gasteiger partial charge in [0.15, 0.2) is 0 Å². The zero-order chi connectivity index (χ0) is 10.6. The zero-order valence-corrected chi connectivity index (χ0v) is 13.1. The Bertz CT molecular complexity index is 411. The van der Waals surface area contributed by atoms with E-state index in [1.807, 2.05) is 0 Å². The third kappa shape index (κ3) is 3.41. The molecule has 0 amide bonds. The fraction of sp³-hybridized carbons (Fsp3) is 0.100. The summed E-state index contributed by atoms with van der Waals surface area (Å²) in [6.45, 7) is 2.12. The topological polar surface area (TPSA) is 0 Å². The third-order valence-electron chi connectivity index (χ3n) is 1.84. The van der Waals surface area contributed by atoms with Crippen LogP contribution in [0.3, 0.4) is 0 Å².